The average Bonchev–Trinajstić information content (AvgIpc) is 2.19. The molecule has 0 saturated heterocycles. The summed E-state index contributed by atoms with van der Waals surface area (Å²) in [5, 5.41) is 6.66. The van der Waals surface area contributed by atoms with Crippen molar-refractivity contribution < 1.29 is 19.1 Å². The molecule has 0 aromatic heterocycles. The second kappa shape index (κ2) is 16.8. The maximum Gasteiger partial charge on any atom is 0.404 e. The Bertz CT molecular complexity index is 210. The Labute approximate surface area is 105 Å². The van der Waals surface area contributed by atoms with E-state index in [9.17, 15) is 9.59 Å². The summed E-state index contributed by atoms with van der Waals surface area (Å²) in [5.41, 5.74) is 13.9. The van der Waals surface area contributed by atoms with Gasteiger partial charge in [0, 0.05) is 0 Å². The molecular weight excluding hydrogens is 248 g/mol. The average molecular weight is 268 g/mol. The lowest BCUT2D eigenvalue weighted by atomic mass is 10.9. The normalized spacial score (nSPS) is 7.47. The van der Waals surface area contributed by atoms with E-state index >= 15 is 0 Å². The van der Waals surface area contributed by atoms with Gasteiger partial charge in [0.1, 0.15) is 0 Å². The van der Waals surface area contributed by atoms with Crippen LogP contribution in [0.25, 0.3) is 0 Å². The van der Waals surface area contributed by atoms with Gasteiger partial charge in [0.05, 0.1) is 13.2 Å². The number of nitrogens with one attached hydrogen (secondary N) is 1. The van der Waals surface area contributed by atoms with E-state index in [0.29, 0.717) is 13.2 Å². The Hall–Kier alpha value is -1.64. The molecule has 0 spiro atoms. The molecule has 102 valence electrons. The molecule has 9 heteroatoms. The molecule has 0 fully saturated rings. The van der Waals surface area contributed by atoms with Gasteiger partial charge in [-0.3, -0.25) is 5.41 Å². The van der Waals surface area contributed by atoms with Gasteiger partial charge in [0.2, 0.25) is 0 Å². The van der Waals surface area contributed by atoms with Crippen molar-refractivity contribution in [1.29, 1.82) is 5.41 Å². The highest BCUT2D eigenvalue weighted by molar-refractivity contribution is 8.13. The van der Waals surface area contributed by atoms with Gasteiger partial charge in [-0.25, -0.2) is 9.59 Å². The molecule has 0 aliphatic rings. The van der Waals surface area contributed by atoms with Crippen LogP contribution in [-0.4, -0.2) is 36.8 Å². The lowest BCUT2D eigenvalue weighted by Crippen LogP contribution is -2.11. The third-order valence-corrected chi connectivity index (χ3v) is 1.23. The van der Waals surface area contributed by atoms with E-state index < -0.39 is 12.2 Å². The number of thioether (sulfide) groups is 1. The molecule has 7 N–H and O–H groups in total. The van der Waals surface area contributed by atoms with Crippen LogP contribution in [0.5, 0.6) is 0 Å². The maximum absolute atomic E-state index is 9.60. The van der Waals surface area contributed by atoms with Crippen LogP contribution < -0.4 is 17.2 Å². The van der Waals surface area contributed by atoms with Crippen LogP contribution in [0.2, 0.25) is 0 Å². The second-order valence-corrected chi connectivity index (χ2v) is 2.92. The van der Waals surface area contributed by atoms with Gasteiger partial charge in [-0.2, -0.15) is 0 Å². The first kappa shape index (κ1) is 20.7. The standard InChI is InChI=1S/2C3H7NO2.C2H6N2S/c2*1-2-6-3(4)5;1-5-2(3)4/h2*2H2,1H3,(H2,4,5);1H3,(H3,3,4). The van der Waals surface area contributed by atoms with E-state index in [-0.39, 0.29) is 5.17 Å². The first-order valence-corrected chi connectivity index (χ1v) is 5.76. The van der Waals surface area contributed by atoms with Crippen LogP contribution in [0.3, 0.4) is 0 Å². The first-order valence-electron chi connectivity index (χ1n) is 4.54. The molecule has 0 saturated carbocycles. The fraction of sp³-hybridized carbons (Fsp3) is 0.625. The molecule has 0 unspecified atom stereocenters. The van der Waals surface area contributed by atoms with E-state index in [2.05, 4.69) is 20.9 Å². The molecular formula is C8H20N4O4S. The zero-order valence-corrected chi connectivity index (χ0v) is 11.0. The Morgan fingerprint density at radius 1 is 1.06 bits per heavy atom. The van der Waals surface area contributed by atoms with E-state index in [0.717, 1.165) is 0 Å². The fourth-order valence-electron chi connectivity index (χ4n) is 0.285. The molecule has 0 aliphatic carbocycles. The lowest BCUT2D eigenvalue weighted by Gasteiger charge is -1.89. The predicted octanol–water partition coefficient (Wildman–Crippen LogP) is 0.446. The first-order chi connectivity index (χ1) is 7.81. The monoisotopic (exact) mass is 268 g/mol. The topological polar surface area (TPSA) is 155 Å². The Kier molecular flexibility index (Phi) is 20.5. The molecule has 0 atom stereocenters. The van der Waals surface area contributed by atoms with Crippen molar-refractivity contribution in [3.63, 3.8) is 0 Å². The number of carbonyl (C=O) groups is 2. The quantitative estimate of drug-likeness (QED) is 0.421. The van der Waals surface area contributed by atoms with Crippen LogP contribution in [0.4, 0.5) is 9.59 Å². The third kappa shape index (κ3) is 54.2. The summed E-state index contributed by atoms with van der Waals surface area (Å²) < 4.78 is 8.36. The molecule has 8 nitrogen and oxygen atoms in total. The summed E-state index contributed by atoms with van der Waals surface area (Å²) in [7, 11) is 0. The summed E-state index contributed by atoms with van der Waals surface area (Å²) in [4.78, 5) is 19.2. The van der Waals surface area contributed by atoms with Crippen molar-refractivity contribution >= 4 is 29.1 Å². The van der Waals surface area contributed by atoms with Crippen LogP contribution in [-0.2, 0) is 9.47 Å². The van der Waals surface area contributed by atoms with Gasteiger partial charge in [-0.15, -0.1) is 0 Å². The van der Waals surface area contributed by atoms with E-state index in [1.807, 2.05) is 0 Å². The van der Waals surface area contributed by atoms with Crippen molar-refractivity contribution in [2.75, 3.05) is 19.5 Å². The van der Waals surface area contributed by atoms with Crippen molar-refractivity contribution in [3.05, 3.63) is 0 Å². The summed E-state index contributed by atoms with van der Waals surface area (Å²) in [6.07, 6.45) is 0.345. The van der Waals surface area contributed by atoms with Gasteiger partial charge in [-0.05, 0) is 20.1 Å². The van der Waals surface area contributed by atoms with Crippen LogP contribution in [0.15, 0.2) is 0 Å². The van der Waals surface area contributed by atoms with E-state index in [1.165, 1.54) is 11.8 Å². The number of primary amides is 2. The number of nitrogens with two attached hydrogens (primary N) is 3. The highest BCUT2D eigenvalue weighted by atomic mass is 32.2. The van der Waals surface area contributed by atoms with Crippen molar-refractivity contribution in [1.82, 2.24) is 0 Å². The zero-order chi connectivity index (χ0) is 14.3. The largest absolute Gasteiger partial charge is 0.450 e. The highest BCUT2D eigenvalue weighted by Gasteiger charge is 1.82. The Balaban J connectivity index is -0.000000174. The van der Waals surface area contributed by atoms with Crippen LogP contribution in [0, 0.1) is 5.41 Å². The van der Waals surface area contributed by atoms with Gasteiger partial charge >= 0.3 is 12.2 Å². The number of amides is 2. The summed E-state index contributed by atoms with van der Waals surface area (Å²) in [5.74, 6) is 0. The van der Waals surface area contributed by atoms with Crippen molar-refractivity contribution in [2.24, 2.45) is 17.2 Å². The van der Waals surface area contributed by atoms with Gasteiger partial charge in [-0.1, -0.05) is 11.8 Å². The molecule has 17 heavy (non-hydrogen) atoms. The lowest BCUT2D eigenvalue weighted by molar-refractivity contribution is 0.162. The van der Waals surface area contributed by atoms with Gasteiger partial charge in [0.25, 0.3) is 0 Å². The van der Waals surface area contributed by atoms with Gasteiger partial charge in [0.15, 0.2) is 5.17 Å². The minimum atomic E-state index is -0.711. The Morgan fingerprint density at radius 3 is 1.29 bits per heavy atom. The summed E-state index contributed by atoms with van der Waals surface area (Å²) in [6, 6.07) is 0. The third-order valence-electron chi connectivity index (χ3n) is 0.793. The molecule has 0 aromatic carbocycles. The number of amidine groups is 1. The molecule has 0 aromatic rings. The highest BCUT2D eigenvalue weighted by Crippen LogP contribution is 1.83. The molecule has 0 rings (SSSR count). The molecule has 0 radical (unpaired) electrons. The minimum absolute atomic E-state index is 0.171. The van der Waals surface area contributed by atoms with E-state index in [4.69, 9.17) is 11.1 Å². The maximum atomic E-state index is 9.60. The minimum Gasteiger partial charge on any atom is -0.450 e. The SMILES string of the molecule is CCOC(N)=O.CCOC(N)=O.CSC(=N)N. The van der Waals surface area contributed by atoms with Crippen LogP contribution in [0.1, 0.15) is 13.8 Å². The van der Waals surface area contributed by atoms with Gasteiger partial charge < -0.3 is 26.7 Å². The zero-order valence-electron chi connectivity index (χ0n) is 10.2. The second-order valence-electron chi connectivity index (χ2n) is 2.07. The van der Waals surface area contributed by atoms with Crippen molar-refractivity contribution in [2.45, 2.75) is 13.8 Å². The van der Waals surface area contributed by atoms with E-state index in [1.54, 1.807) is 20.1 Å². The number of hydrogen-bond acceptors (Lipinski definition) is 6. The van der Waals surface area contributed by atoms with Crippen LogP contribution >= 0.6 is 11.8 Å². The Morgan fingerprint density at radius 2 is 1.29 bits per heavy atom. The number of hydrogen-bond donors (Lipinski definition) is 4. The molecule has 0 aliphatic heterocycles. The summed E-state index contributed by atoms with van der Waals surface area (Å²) >= 11 is 1.24. The smallest absolute Gasteiger partial charge is 0.404 e. The van der Waals surface area contributed by atoms with Crippen molar-refractivity contribution in [3.8, 4) is 0 Å². The molecule has 0 heterocycles. The number of carbonyl (C=O) groups excluding carboxylic acids is 2. The number of rotatable bonds is 2. The molecule has 2 amide bonds. The number of ether oxygens (including phenoxy) is 2. The fourth-order valence-corrected chi connectivity index (χ4v) is 0.285. The predicted molar refractivity (Wildman–Crippen MR) is 67.8 cm³/mol. The summed E-state index contributed by atoms with van der Waals surface area (Å²) in [6.45, 7) is 4.11. The molecule has 0 bridgehead atoms.